The van der Waals surface area contributed by atoms with Crippen molar-refractivity contribution in [1.82, 2.24) is 24.6 Å². The van der Waals surface area contributed by atoms with Crippen molar-refractivity contribution in [2.24, 2.45) is 0 Å². The molecule has 1 aliphatic rings. The Labute approximate surface area is 257 Å². The van der Waals surface area contributed by atoms with Gasteiger partial charge in [-0.2, -0.15) is 0 Å². The Morgan fingerprint density at radius 3 is 2.33 bits per heavy atom. The van der Waals surface area contributed by atoms with Crippen LogP contribution in [0.5, 0.6) is 0 Å². The smallest absolute Gasteiger partial charge is 0.273 e. The van der Waals surface area contributed by atoms with Crippen LogP contribution >= 0.6 is 23.1 Å². The third-order valence-corrected chi connectivity index (χ3v) is 9.26. The molecule has 1 amide bonds. The molecule has 2 aromatic heterocycles. The number of hydrogen-bond donors (Lipinski definition) is 0. The van der Waals surface area contributed by atoms with Crippen molar-refractivity contribution in [2.75, 3.05) is 31.1 Å². The minimum atomic E-state index is -0.403. The van der Waals surface area contributed by atoms with Crippen LogP contribution in [0.4, 0.5) is 11.4 Å². The van der Waals surface area contributed by atoms with E-state index in [2.05, 4.69) is 68.0 Å². The fourth-order valence-electron chi connectivity index (χ4n) is 4.96. The van der Waals surface area contributed by atoms with Crippen molar-refractivity contribution in [2.45, 2.75) is 24.3 Å². The third-order valence-electron chi connectivity index (χ3n) is 7.29. The number of rotatable bonds is 9. The maximum absolute atomic E-state index is 13.2. The monoisotopic (exact) mass is 611 g/mol. The molecule has 0 radical (unpaired) electrons. The number of piperazine rings is 1. The summed E-state index contributed by atoms with van der Waals surface area (Å²) in [5, 5.41) is 23.5. The summed E-state index contributed by atoms with van der Waals surface area (Å²) in [6.45, 7) is 4.48. The zero-order chi connectivity index (χ0) is 29.8. The van der Waals surface area contributed by atoms with Crippen LogP contribution in [-0.2, 0) is 12.2 Å². The molecule has 0 atom stereocenters. The lowest BCUT2D eigenvalue weighted by Crippen LogP contribution is -2.48. The molecule has 6 rings (SSSR count). The van der Waals surface area contributed by atoms with E-state index >= 15 is 0 Å². The van der Waals surface area contributed by atoms with Gasteiger partial charge in [0.15, 0.2) is 5.16 Å². The predicted octanol–water partition coefficient (Wildman–Crippen LogP) is 5.79. The highest BCUT2D eigenvalue weighted by Gasteiger charge is 2.25. The number of carbonyl (C=O) groups is 1. The van der Waals surface area contributed by atoms with Crippen molar-refractivity contribution in [3.63, 3.8) is 0 Å². The van der Waals surface area contributed by atoms with Gasteiger partial charge >= 0.3 is 0 Å². The first-order valence-corrected chi connectivity index (χ1v) is 15.7. The molecule has 0 saturated carbocycles. The molecule has 0 bridgehead atoms. The van der Waals surface area contributed by atoms with E-state index < -0.39 is 4.92 Å². The first-order chi connectivity index (χ1) is 20.9. The Morgan fingerprint density at radius 2 is 1.63 bits per heavy atom. The van der Waals surface area contributed by atoms with E-state index in [1.807, 2.05) is 28.5 Å². The Hall–Kier alpha value is -4.55. The average molecular weight is 612 g/mol. The predicted molar refractivity (Wildman–Crippen MR) is 168 cm³/mol. The summed E-state index contributed by atoms with van der Waals surface area (Å²) in [6.07, 6.45) is 0.662. The molecular weight excluding hydrogens is 583 g/mol. The Bertz CT molecular complexity index is 1710. The van der Waals surface area contributed by atoms with Gasteiger partial charge in [-0.15, -0.1) is 21.5 Å². The van der Waals surface area contributed by atoms with E-state index in [0.29, 0.717) is 44.0 Å². The normalized spacial score (nSPS) is 13.3. The molecular formula is C31H29N7O3S2. The number of anilines is 1. The highest BCUT2D eigenvalue weighted by molar-refractivity contribution is 7.98. The lowest BCUT2D eigenvalue weighted by Gasteiger charge is -2.35. The minimum absolute atomic E-state index is 0.0677. The number of amides is 1. The van der Waals surface area contributed by atoms with Gasteiger partial charge in [0.25, 0.3) is 11.6 Å². The van der Waals surface area contributed by atoms with E-state index in [0.717, 1.165) is 32.9 Å². The molecule has 1 saturated heterocycles. The summed E-state index contributed by atoms with van der Waals surface area (Å²) >= 11 is 3.03. The quantitative estimate of drug-likeness (QED) is 0.117. The van der Waals surface area contributed by atoms with Gasteiger partial charge in [-0.3, -0.25) is 19.5 Å². The van der Waals surface area contributed by atoms with E-state index in [-0.39, 0.29) is 11.6 Å². The van der Waals surface area contributed by atoms with Crippen LogP contribution in [0.15, 0.2) is 89.4 Å². The minimum Gasteiger partial charge on any atom is -0.368 e. The van der Waals surface area contributed by atoms with Crippen LogP contribution in [-0.4, -0.2) is 61.7 Å². The first-order valence-electron chi connectivity index (χ1n) is 13.9. The zero-order valence-corrected chi connectivity index (χ0v) is 25.1. The summed E-state index contributed by atoms with van der Waals surface area (Å²) < 4.78 is 2.10. The van der Waals surface area contributed by atoms with Gasteiger partial charge in [0.1, 0.15) is 16.5 Å². The molecule has 218 valence electrons. The maximum atomic E-state index is 13.2. The molecule has 3 heterocycles. The van der Waals surface area contributed by atoms with Gasteiger partial charge in [0, 0.05) is 61.5 Å². The molecule has 1 aliphatic heterocycles. The Balaban J connectivity index is 1.10. The van der Waals surface area contributed by atoms with Crippen LogP contribution < -0.4 is 4.90 Å². The second-order valence-electron chi connectivity index (χ2n) is 10.2. The summed E-state index contributed by atoms with van der Waals surface area (Å²) in [4.78, 5) is 32.4. The average Bonchev–Trinajstić information content (AvgIpc) is 3.68. The lowest BCUT2D eigenvalue weighted by molar-refractivity contribution is -0.384. The number of nitro benzene ring substituents is 1. The van der Waals surface area contributed by atoms with Crippen molar-refractivity contribution in [3.8, 4) is 5.69 Å². The third kappa shape index (κ3) is 6.60. The molecule has 0 spiro atoms. The lowest BCUT2D eigenvalue weighted by atomic mass is 10.1. The number of thiazole rings is 1. The number of benzene rings is 3. The summed E-state index contributed by atoms with van der Waals surface area (Å²) in [7, 11) is 0. The second kappa shape index (κ2) is 12.8. The first kappa shape index (κ1) is 28.6. The Morgan fingerprint density at radius 1 is 0.930 bits per heavy atom. The molecule has 10 nitrogen and oxygen atoms in total. The fourth-order valence-corrected chi connectivity index (χ4v) is 6.71. The van der Waals surface area contributed by atoms with E-state index in [1.165, 1.54) is 29.0 Å². The van der Waals surface area contributed by atoms with Crippen molar-refractivity contribution in [1.29, 1.82) is 0 Å². The Kier molecular flexibility index (Phi) is 8.47. The van der Waals surface area contributed by atoms with Crippen molar-refractivity contribution in [3.05, 3.63) is 122 Å². The number of nitrogens with zero attached hydrogens (tertiary/aromatic N) is 7. The van der Waals surface area contributed by atoms with Crippen LogP contribution in [0.1, 0.15) is 32.4 Å². The number of hydrogen-bond acceptors (Lipinski definition) is 9. The highest BCUT2D eigenvalue weighted by atomic mass is 32.2. The summed E-state index contributed by atoms with van der Waals surface area (Å²) in [5.41, 5.74) is 4.79. The number of non-ortho nitro benzene ring substituents is 1. The molecule has 3 aromatic carbocycles. The van der Waals surface area contributed by atoms with Gasteiger partial charge in [-0.25, -0.2) is 4.98 Å². The molecule has 1 fully saturated rings. The van der Waals surface area contributed by atoms with Gasteiger partial charge < -0.3 is 9.80 Å². The highest BCUT2D eigenvalue weighted by Crippen LogP contribution is 2.28. The standard InChI is InChI=1S/C31H29N7O3S2/c1-22-7-9-25(10-8-22)37-28(19-23-5-3-2-4-6-23)33-34-31(37)43-21-29-32-27(20-42-29)30(39)36-17-15-35(16-18-36)24-11-13-26(14-12-24)38(40)41/h2-14,20H,15-19,21H2,1H3. The topological polar surface area (TPSA) is 110 Å². The number of thioether (sulfide) groups is 1. The molecule has 43 heavy (non-hydrogen) atoms. The number of aromatic nitrogens is 4. The summed E-state index contributed by atoms with van der Waals surface area (Å²) in [6, 6.07) is 25.1. The van der Waals surface area contributed by atoms with E-state index in [4.69, 9.17) is 0 Å². The van der Waals surface area contributed by atoms with Crippen LogP contribution in [0.2, 0.25) is 0 Å². The second-order valence-corrected chi connectivity index (χ2v) is 12.1. The number of aryl methyl sites for hydroxylation is 1. The maximum Gasteiger partial charge on any atom is 0.273 e. The van der Waals surface area contributed by atoms with Crippen molar-refractivity contribution < 1.29 is 9.72 Å². The van der Waals surface area contributed by atoms with E-state index in [9.17, 15) is 14.9 Å². The largest absolute Gasteiger partial charge is 0.368 e. The molecule has 0 aliphatic carbocycles. The van der Waals surface area contributed by atoms with Gasteiger partial charge in [0.2, 0.25) is 0 Å². The van der Waals surface area contributed by atoms with Crippen molar-refractivity contribution >= 4 is 40.4 Å². The molecule has 0 unspecified atom stereocenters. The van der Waals surface area contributed by atoms with Crippen LogP contribution in [0.3, 0.4) is 0 Å². The molecule has 0 N–H and O–H groups in total. The number of nitro groups is 1. The molecule has 5 aromatic rings. The summed E-state index contributed by atoms with van der Waals surface area (Å²) in [5.74, 6) is 1.35. The number of carbonyl (C=O) groups excluding carboxylic acids is 1. The van der Waals surface area contributed by atoms with Crippen LogP contribution in [0, 0.1) is 17.0 Å². The van der Waals surface area contributed by atoms with Gasteiger partial charge in [-0.1, -0.05) is 59.8 Å². The van der Waals surface area contributed by atoms with Gasteiger partial charge in [-0.05, 0) is 36.8 Å². The van der Waals surface area contributed by atoms with Crippen LogP contribution in [0.25, 0.3) is 5.69 Å². The SMILES string of the molecule is Cc1ccc(-n2c(Cc3ccccc3)nnc2SCc2nc(C(=O)N3CCN(c4ccc([N+](=O)[O-])cc4)CC3)cs2)cc1. The fraction of sp³-hybridized carbons (Fsp3) is 0.226. The van der Waals surface area contributed by atoms with Gasteiger partial charge in [0.05, 0.1) is 10.7 Å². The molecule has 12 heteroatoms. The van der Waals surface area contributed by atoms with E-state index in [1.54, 1.807) is 23.9 Å². The zero-order valence-electron chi connectivity index (χ0n) is 23.5.